The summed E-state index contributed by atoms with van der Waals surface area (Å²) in [5.41, 5.74) is -1.10. The van der Waals surface area contributed by atoms with Crippen LogP contribution < -0.4 is 4.74 Å². The maximum atomic E-state index is 13.5. The van der Waals surface area contributed by atoms with Crippen molar-refractivity contribution in [2.24, 2.45) is 5.92 Å². The van der Waals surface area contributed by atoms with Crippen LogP contribution in [0.5, 0.6) is 5.75 Å². The highest BCUT2D eigenvalue weighted by Gasteiger charge is 2.35. The van der Waals surface area contributed by atoms with Gasteiger partial charge in [0.25, 0.3) is 0 Å². The maximum absolute atomic E-state index is 13.5. The molecule has 154 valence electrons. The number of esters is 1. The van der Waals surface area contributed by atoms with Crippen LogP contribution in [-0.4, -0.2) is 24.3 Å². The average molecular weight is 464 g/mol. The van der Waals surface area contributed by atoms with Gasteiger partial charge in [0, 0.05) is 11.6 Å². The highest BCUT2D eigenvalue weighted by molar-refractivity contribution is 9.09. The van der Waals surface area contributed by atoms with Gasteiger partial charge in [-0.2, -0.15) is 13.2 Å². The summed E-state index contributed by atoms with van der Waals surface area (Å²) in [6.45, 7) is 6.16. The monoisotopic (exact) mass is 463 g/mol. The summed E-state index contributed by atoms with van der Waals surface area (Å²) in [6.07, 6.45) is -3.93. The summed E-state index contributed by atoms with van der Waals surface area (Å²) < 4.78 is 56.0. The summed E-state index contributed by atoms with van der Waals surface area (Å²) in [5, 5.41) is 3.70. The Bertz CT molecular complexity index is 805. The van der Waals surface area contributed by atoms with Crippen LogP contribution >= 0.6 is 15.9 Å². The Hall–Kier alpha value is -2.03. The van der Waals surface area contributed by atoms with Crippen LogP contribution in [0.15, 0.2) is 28.8 Å². The third-order valence-electron chi connectivity index (χ3n) is 3.59. The molecule has 1 atom stereocenters. The van der Waals surface area contributed by atoms with E-state index in [1.54, 1.807) is 0 Å². The van der Waals surface area contributed by atoms with E-state index in [1.165, 1.54) is 18.2 Å². The number of carbonyl (C=O) groups is 1. The molecule has 0 radical (unpaired) electrons. The Balaban J connectivity index is 2.29. The van der Waals surface area contributed by atoms with Crippen molar-refractivity contribution in [1.29, 1.82) is 0 Å². The fourth-order valence-electron chi connectivity index (χ4n) is 2.26. The zero-order valence-corrected chi connectivity index (χ0v) is 17.3. The van der Waals surface area contributed by atoms with E-state index in [9.17, 15) is 18.0 Å². The van der Waals surface area contributed by atoms with Crippen LogP contribution in [-0.2, 0) is 15.7 Å². The van der Waals surface area contributed by atoms with Crippen molar-refractivity contribution < 1.29 is 32.0 Å². The molecule has 28 heavy (non-hydrogen) atoms. The second-order valence-electron chi connectivity index (χ2n) is 6.55. The topological polar surface area (TPSA) is 61.6 Å². The minimum Gasteiger partial charge on any atom is -0.494 e. The molecule has 1 heterocycles. The molecule has 0 aliphatic rings. The molecule has 0 amide bonds. The summed E-state index contributed by atoms with van der Waals surface area (Å²) in [6, 6.07) is 4.93. The lowest BCUT2D eigenvalue weighted by Crippen LogP contribution is -2.14. The first kappa shape index (κ1) is 22.3. The van der Waals surface area contributed by atoms with Crippen molar-refractivity contribution in [2.75, 3.05) is 13.2 Å². The molecule has 0 N–H and O–H groups in total. The van der Waals surface area contributed by atoms with Crippen LogP contribution in [0.3, 0.4) is 0 Å². The molecule has 5 nitrogen and oxygen atoms in total. The molecule has 0 bridgehead atoms. The second-order valence-corrected chi connectivity index (χ2v) is 7.47. The maximum Gasteiger partial charge on any atom is 0.417 e. The Morgan fingerprint density at radius 1 is 1.29 bits per heavy atom. The average Bonchev–Trinajstić information content (AvgIpc) is 3.12. The minimum absolute atomic E-state index is 0.0366. The molecule has 0 spiro atoms. The van der Waals surface area contributed by atoms with Crippen LogP contribution in [0.1, 0.15) is 43.3 Å². The van der Waals surface area contributed by atoms with Gasteiger partial charge in [-0.05, 0) is 30.5 Å². The minimum atomic E-state index is -4.61. The SMILES string of the molecule is CCCOc1ccc(-c2cc(C(Br)C(=O)OCC(C)C)on2)c(C(F)(F)F)c1. The Labute approximate surface area is 169 Å². The van der Waals surface area contributed by atoms with Gasteiger partial charge >= 0.3 is 12.1 Å². The zero-order valence-electron chi connectivity index (χ0n) is 15.7. The lowest BCUT2D eigenvalue weighted by molar-refractivity contribution is -0.144. The number of halogens is 4. The normalized spacial score (nSPS) is 12.9. The molecule has 2 aromatic rings. The van der Waals surface area contributed by atoms with E-state index in [0.29, 0.717) is 13.0 Å². The quantitative estimate of drug-likeness (QED) is 0.366. The van der Waals surface area contributed by atoms with Gasteiger partial charge in [0.2, 0.25) is 0 Å². The Morgan fingerprint density at radius 3 is 2.61 bits per heavy atom. The molecule has 1 aromatic carbocycles. The lowest BCUT2D eigenvalue weighted by atomic mass is 10.0. The van der Waals surface area contributed by atoms with Gasteiger partial charge in [0.05, 0.1) is 18.8 Å². The molecule has 0 saturated carbocycles. The van der Waals surface area contributed by atoms with Crippen molar-refractivity contribution in [3.05, 3.63) is 35.6 Å². The smallest absolute Gasteiger partial charge is 0.417 e. The standard InChI is InChI=1S/C19H21BrF3NO4/c1-4-7-26-12-5-6-13(14(8-12)19(21,22)23)15-9-16(28-24-15)17(20)18(25)27-10-11(2)3/h5-6,8-9,11,17H,4,7,10H2,1-3H3. The molecule has 0 aliphatic carbocycles. The molecule has 1 aromatic heterocycles. The number of hydrogen-bond donors (Lipinski definition) is 0. The number of carbonyl (C=O) groups excluding carboxylic acids is 1. The van der Waals surface area contributed by atoms with Crippen LogP contribution in [0.25, 0.3) is 11.3 Å². The number of hydrogen-bond acceptors (Lipinski definition) is 5. The van der Waals surface area contributed by atoms with Crippen LogP contribution in [0, 0.1) is 5.92 Å². The highest BCUT2D eigenvalue weighted by Crippen LogP contribution is 2.40. The largest absolute Gasteiger partial charge is 0.494 e. The number of ether oxygens (including phenoxy) is 2. The number of nitrogens with zero attached hydrogens (tertiary/aromatic N) is 1. The van der Waals surface area contributed by atoms with Gasteiger partial charge in [-0.15, -0.1) is 0 Å². The summed E-state index contributed by atoms with van der Waals surface area (Å²) in [7, 11) is 0. The summed E-state index contributed by atoms with van der Waals surface area (Å²) >= 11 is 3.13. The third-order valence-corrected chi connectivity index (χ3v) is 4.41. The predicted octanol–water partition coefficient (Wildman–Crippen LogP) is 5.78. The van der Waals surface area contributed by atoms with E-state index in [-0.39, 0.29) is 35.3 Å². The molecule has 9 heteroatoms. The molecule has 0 fully saturated rings. The number of aromatic nitrogens is 1. The van der Waals surface area contributed by atoms with Crippen molar-refractivity contribution in [3.8, 4) is 17.0 Å². The molecular formula is C19H21BrF3NO4. The van der Waals surface area contributed by atoms with Crippen molar-refractivity contribution in [3.63, 3.8) is 0 Å². The molecule has 2 rings (SSSR count). The van der Waals surface area contributed by atoms with Gasteiger partial charge in [0.1, 0.15) is 11.4 Å². The summed E-state index contributed by atoms with van der Waals surface area (Å²) in [4.78, 5) is 11.0. The van der Waals surface area contributed by atoms with Gasteiger partial charge in [-0.1, -0.05) is 41.9 Å². The molecule has 0 saturated heterocycles. The van der Waals surface area contributed by atoms with Gasteiger partial charge in [-0.25, -0.2) is 0 Å². The molecule has 0 aliphatic heterocycles. The Morgan fingerprint density at radius 2 is 2.00 bits per heavy atom. The predicted molar refractivity (Wildman–Crippen MR) is 100 cm³/mol. The Kier molecular flexibility index (Phi) is 7.51. The van der Waals surface area contributed by atoms with Gasteiger partial charge in [-0.3, -0.25) is 4.79 Å². The van der Waals surface area contributed by atoms with Crippen LogP contribution in [0.4, 0.5) is 13.2 Å². The first-order valence-electron chi connectivity index (χ1n) is 8.75. The van der Waals surface area contributed by atoms with E-state index in [0.717, 1.165) is 6.07 Å². The van der Waals surface area contributed by atoms with Crippen LogP contribution in [0.2, 0.25) is 0 Å². The van der Waals surface area contributed by atoms with E-state index in [4.69, 9.17) is 14.0 Å². The number of rotatable bonds is 8. The van der Waals surface area contributed by atoms with E-state index in [2.05, 4.69) is 21.1 Å². The lowest BCUT2D eigenvalue weighted by Gasteiger charge is -2.13. The fraction of sp³-hybridized carbons (Fsp3) is 0.474. The number of benzene rings is 1. The first-order chi connectivity index (χ1) is 13.1. The van der Waals surface area contributed by atoms with E-state index < -0.39 is 22.5 Å². The third kappa shape index (κ3) is 5.73. The van der Waals surface area contributed by atoms with Crippen molar-refractivity contribution >= 4 is 21.9 Å². The second kappa shape index (κ2) is 9.45. The molecular weight excluding hydrogens is 443 g/mol. The molecule has 1 unspecified atom stereocenters. The first-order valence-corrected chi connectivity index (χ1v) is 9.66. The zero-order chi connectivity index (χ0) is 20.9. The fourth-order valence-corrected chi connectivity index (χ4v) is 2.61. The van der Waals surface area contributed by atoms with Gasteiger partial charge < -0.3 is 14.0 Å². The van der Waals surface area contributed by atoms with E-state index in [1.807, 2.05) is 20.8 Å². The summed E-state index contributed by atoms with van der Waals surface area (Å²) in [5.74, 6) is -0.270. The van der Waals surface area contributed by atoms with E-state index >= 15 is 0 Å². The number of alkyl halides is 4. The highest BCUT2D eigenvalue weighted by atomic mass is 79.9. The van der Waals surface area contributed by atoms with Crippen molar-refractivity contribution in [1.82, 2.24) is 5.16 Å². The van der Waals surface area contributed by atoms with Gasteiger partial charge in [0.15, 0.2) is 10.6 Å². The van der Waals surface area contributed by atoms with Crippen molar-refractivity contribution in [2.45, 2.75) is 38.2 Å².